The van der Waals surface area contributed by atoms with Crippen LogP contribution in [0.1, 0.15) is 18.1 Å². The molecular formula is C17H20INO2. The zero-order chi connectivity index (χ0) is 15.2. The first-order chi connectivity index (χ1) is 10.2. The highest BCUT2D eigenvalue weighted by atomic mass is 127. The number of hydrogen-bond donors (Lipinski definition) is 1. The molecule has 2 rings (SSSR count). The number of benzene rings is 2. The molecule has 0 amide bonds. The minimum Gasteiger partial charge on any atom is -0.493 e. The molecule has 1 N–H and O–H groups in total. The number of rotatable bonds is 6. The van der Waals surface area contributed by atoms with Gasteiger partial charge < -0.3 is 14.8 Å². The summed E-state index contributed by atoms with van der Waals surface area (Å²) in [6.07, 6.45) is 1.02. The maximum atomic E-state index is 5.40. The number of ether oxygens (including phenoxy) is 2. The molecule has 0 atom stereocenters. The smallest absolute Gasteiger partial charge is 0.174 e. The molecule has 21 heavy (non-hydrogen) atoms. The predicted molar refractivity (Wildman–Crippen MR) is 95.4 cm³/mol. The van der Waals surface area contributed by atoms with E-state index in [4.69, 9.17) is 9.47 Å². The molecule has 2 aromatic rings. The van der Waals surface area contributed by atoms with E-state index < -0.39 is 0 Å². The number of nitrogens with one attached hydrogen (secondary N) is 1. The molecule has 0 aliphatic carbocycles. The maximum Gasteiger partial charge on any atom is 0.174 e. The Bertz CT molecular complexity index is 614. The molecule has 2 aromatic carbocycles. The van der Waals surface area contributed by atoms with Crippen molar-refractivity contribution in [3.05, 3.63) is 51.1 Å². The average Bonchev–Trinajstić information content (AvgIpc) is 2.52. The Morgan fingerprint density at radius 3 is 2.52 bits per heavy atom. The minimum atomic E-state index is 0.757. The second-order valence-electron chi connectivity index (χ2n) is 4.68. The SMILES string of the molecule is CCc1ccccc1NCc1cc(I)c(OC)c(OC)c1. The van der Waals surface area contributed by atoms with E-state index in [1.807, 2.05) is 6.07 Å². The summed E-state index contributed by atoms with van der Waals surface area (Å²) in [6, 6.07) is 12.5. The normalized spacial score (nSPS) is 10.3. The first-order valence-corrected chi connectivity index (χ1v) is 7.99. The Kier molecular flexibility index (Phi) is 5.73. The van der Waals surface area contributed by atoms with Crippen molar-refractivity contribution in [1.82, 2.24) is 0 Å². The monoisotopic (exact) mass is 397 g/mol. The summed E-state index contributed by atoms with van der Waals surface area (Å²) in [4.78, 5) is 0. The molecule has 0 bridgehead atoms. The highest BCUT2D eigenvalue weighted by Crippen LogP contribution is 2.33. The summed E-state index contributed by atoms with van der Waals surface area (Å²) in [5.41, 5.74) is 3.68. The summed E-state index contributed by atoms with van der Waals surface area (Å²) < 4.78 is 11.8. The van der Waals surface area contributed by atoms with Gasteiger partial charge in [0.1, 0.15) is 0 Å². The van der Waals surface area contributed by atoms with E-state index in [1.54, 1.807) is 14.2 Å². The second kappa shape index (κ2) is 7.54. The zero-order valence-corrected chi connectivity index (χ0v) is 14.7. The van der Waals surface area contributed by atoms with Crippen LogP contribution in [0.3, 0.4) is 0 Å². The largest absolute Gasteiger partial charge is 0.493 e. The van der Waals surface area contributed by atoms with Crippen LogP contribution in [0.4, 0.5) is 5.69 Å². The molecule has 3 nitrogen and oxygen atoms in total. The van der Waals surface area contributed by atoms with Gasteiger partial charge in [-0.15, -0.1) is 0 Å². The summed E-state index contributed by atoms with van der Waals surface area (Å²) in [5, 5.41) is 3.50. The zero-order valence-electron chi connectivity index (χ0n) is 12.6. The van der Waals surface area contributed by atoms with Gasteiger partial charge in [0.25, 0.3) is 0 Å². The Morgan fingerprint density at radius 1 is 1.10 bits per heavy atom. The van der Waals surface area contributed by atoms with Crippen molar-refractivity contribution in [2.24, 2.45) is 0 Å². The van der Waals surface area contributed by atoms with Gasteiger partial charge in [0.05, 0.1) is 17.8 Å². The molecular weight excluding hydrogens is 377 g/mol. The molecule has 0 aliphatic rings. The molecule has 0 aliphatic heterocycles. The molecule has 0 saturated carbocycles. The predicted octanol–water partition coefficient (Wildman–Crippen LogP) is 4.48. The van der Waals surface area contributed by atoms with Crippen LogP contribution in [0.2, 0.25) is 0 Å². The summed E-state index contributed by atoms with van der Waals surface area (Å²) in [7, 11) is 3.33. The van der Waals surface area contributed by atoms with Gasteiger partial charge in [0.15, 0.2) is 11.5 Å². The van der Waals surface area contributed by atoms with Crippen molar-refractivity contribution in [2.75, 3.05) is 19.5 Å². The Morgan fingerprint density at radius 2 is 1.86 bits per heavy atom. The molecule has 0 radical (unpaired) electrons. The van der Waals surface area contributed by atoms with Crippen molar-refractivity contribution < 1.29 is 9.47 Å². The lowest BCUT2D eigenvalue weighted by molar-refractivity contribution is 0.352. The van der Waals surface area contributed by atoms with Crippen LogP contribution in [0.25, 0.3) is 0 Å². The van der Waals surface area contributed by atoms with Gasteiger partial charge >= 0.3 is 0 Å². The van der Waals surface area contributed by atoms with Crippen molar-refractivity contribution in [3.8, 4) is 11.5 Å². The molecule has 4 heteroatoms. The van der Waals surface area contributed by atoms with E-state index >= 15 is 0 Å². The van der Waals surface area contributed by atoms with Crippen molar-refractivity contribution >= 4 is 28.3 Å². The van der Waals surface area contributed by atoms with E-state index in [1.165, 1.54) is 16.8 Å². The summed E-state index contributed by atoms with van der Waals surface area (Å²) in [6.45, 7) is 2.92. The van der Waals surface area contributed by atoms with E-state index in [9.17, 15) is 0 Å². The third-order valence-electron chi connectivity index (χ3n) is 3.37. The van der Waals surface area contributed by atoms with Crippen LogP contribution in [-0.4, -0.2) is 14.2 Å². The third-order valence-corrected chi connectivity index (χ3v) is 4.18. The van der Waals surface area contributed by atoms with Crippen LogP contribution >= 0.6 is 22.6 Å². The van der Waals surface area contributed by atoms with Crippen LogP contribution in [0, 0.1) is 3.57 Å². The molecule has 0 saturated heterocycles. The number of halogens is 1. The van der Waals surface area contributed by atoms with Gasteiger partial charge in [0.2, 0.25) is 0 Å². The van der Waals surface area contributed by atoms with E-state index in [-0.39, 0.29) is 0 Å². The lowest BCUT2D eigenvalue weighted by Gasteiger charge is -2.14. The van der Waals surface area contributed by atoms with Gasteiger partial charge in [0, 0.05) is 12.2 Å². The second-order valence-corrected chi connectivity index (χ2v) is 5.84. The third kappa shape index (κ3) is 3.81. The molecule has 0 heterocycles. The van der Waals surface area contributed by atoms with Crippen LogP contribution in [0.15, 0.2) is 36.4 Å². The van der Waals surface area contributed by atoms with E-state index in [2.05, 4.69) is 65.2 Å². The number of para-hydroxylation sites is 1. The lowest BCUT2D eigenvalue weighted by Crippen LogP contribution is -2.03. The number of aryl methyl sites for hydroxylation is 1. The van der Waals surface area contributed by atoms with E-state index in [0.717, 1.165) is 28.0 Å². The average molecular weight is 397 g/mol. The fourth-order valence-electron chi connectivity index (χ4n) is 2.27. The van der Waals surface area contributed by atoms with Gasteiger partial charge in [-0.25, -0.2) is 0 Å². The first kappa shape index (κ1) is 15.9. The van der Waals surface area contributed by atoms with Crippen LogP contribution in [-0.2, 0) is 13.0 Å². The minimum absolute atomic E-state index is 0.757. The quantitative estimate of drug-likeness (QED) is 0.729. The topological polar surface area (TPSA) is 30.5 Å². The number of hydrogen-bond acceptors (Lipinski definition) is 3. The Balaban J connectivity index is 2.18. The van der Waals surface area contributed by atoms with Crippen molar-refractivity contribution in [2.45, 2.75) is 19.9 Å². The van der Waals surface area contributed by atoms with Crippen molar-refractivity contribution in [3.63, 3.8) is 0 Å². The van der Waals surface area contributed by atoms with Crippen LogP contribution in [0.5, 0.6) is 11.5 Å². The standard InChI is InChI=1S/C17H20INO2/c1-4-13-7-5-6-8-15(13)19-11-12-9-14(18)17(21-3)16(10-12)20-2/h5-10,19H,4,11H2,1-3H3. The van der Waals surface area contributed by atoms with Crippen molar-refractivity contribution in [1.29, 1.82) is 0 Å². The highest BCUT2D eigenvalue weighted by molar-refractivity contribution is 14.1. The summed E-state index contributed by atoms with van der Waals surface area (Å²) >= 11 is 2.27. The van der Waals surface area contributed by atoms with Gasteiger partial charge in [-0.2, -0.15) is 0 Å². The lowest BCUT2D eigenvalue weighted by atomic mass is 10.1. The van der Waals surface area contributed by atoms with Crippen LogP contribution < -0.4 is 14.8 Å². The molecule has 0 unspecified atom stereocenters. The maximum absolute atomic E-state index is 5.40. The van der Waals surface area contributed by atoms with Gasteiger partial charge in [-0.3, -0.25) is 0 Å². The number of methoxy groups -OCH3 is 2. The Hall–Kier alpha value is -1.43. The Labute approximate surface area is 139 Å². The molecule has 0 fully saturated rings. The fraction of sp³-hybridized carbons (Fsp3) is 0.294. The van der Waals surface area contributed by atoms with E-state index in [0.29, 0.717) is 0 Å². The number of anilines is 1. The summed E-state index contributed by atoms with van der Waals surface area (Å²) in [5.74, 6) is 1.56. The fourth-order valence-corrected chi connectivity index (χ4v) is 3.16. The van der Waals surface area contributed by atoms with Gasteiger partial charge in [-0.05, 0) is 58.3 Å². The molecule has 0 spiro atoms. The molecule has 0 aromatic heterocycles. The molecule has 112 valence electrons. The van der Waals surface area contributed by atoms with Gasteiger partial charge in [-0.1, -0.05) is 25.1 Å². The highest BCUT2D eigenvalue weighted by Gasteiger charge is 2.10. The first-order valence-electron chi connectivity index (χ1n) is 6.91.